The summed E-state index contributed by atoms with van der Waals surface area (Å²) in [6, 6.07) is 0. The Kier molecular flexibility index (Phi) is 15.3. The van der Waals surface area contributed by atoms with Crippen molar-refractivity contribution in [3.63, 3.8) is 0 Å². The molecule has 0 spiro atoms. The van der Waals surface area contributed by atoms with E-state index < -0.39 is 0 Å². The van der Waals surface area contributed by atoms with Gasteiger partial charge >= 0.3 is 0 Å². The third-order valence-corrected chi connectivity index (χ3v) is 4.13. The Balaban J connectivity index is 3.28. The van der Waals surface area contributed by atoms with E-state index in [1.54, 1.807) is 0 Å². The van der Waals surface area contributed by atoms with Crippen molar-refractivity contribution in [1.29, 1.82) is 0 Å². The van der Waals surface area contributed by atoms with Gasteiger partial charge in [-0.05, 0) is 37.5 Å². The number of aldehydes is 1. The Hall–Kier alpha value is -0.590. The molecular weight excluding hydrogens is 256 g/mol. The third-order valence-electron chi connectivity index (χ3n) is 4.13. The van der Waals surface area contributed by atoms with Gasteiger partial charge in [0.25, 0.3) is 0 Å². The summed E-state index contributed by atoms with van der Waals surface area (Å²) in [6.45, 7) is 6.98. The molecule has 0 aromatic heterocycles. The van der Waals surface area contributed by atoms with Crippen LogP contribution >= 0.6 is 0 Å². The first kappa shape index (κ1) is 20.4. The first-order valence-corrected chi connectivity index (χ1v) is 9.25. The molecule has 1 heteroatoms. The molecule has 0 N–H and O–H groups in total. The van der Waals surface area contributed by atoms with E-state index >= 15 is 0 Å². The molecular formula is C20H38O. The second kappa shape index (κ2) is 15.8. The van der Waals surface area contributed by atoms with Gasteiger partial charge in [-0.1, -0.05) is 77.9 Å². The van der Waals surface area contributed by atoms with Crippen LogP contribution in [0.1, 0.15) is 97.8 Å². The molecule has 0 radical (unpaired) electrons. The minimum atomic E-state index is 0.751. The Morgan fingerprint density at radius 2 is 1.38 bits per heavy atom. The van der Waals surface area contributed by atoms with Crippen LogP contribution in [-0.4, -0.2) is 6.29 Å². The van der Waals surface area contributed by atoms with E-state index in [1.807, 2.05) is 0 Å². The number of unbranched alkanes of at least 4 members (excludes halogenated alkanes) is 7. The molecule has 0 aromatic rings. The van der Waals surface area contributed by atoms with E-state index in [4.69, 9.17) is 0 Å². The SMILES string of the molecule is CC(C)CCCC=CCC(C)CCCCCCCCC=O. The lowest BCUT2D eigenvalue weighted by Gasteiger charge is -2.08. The quantitative estimate of drug-likeness (QED) is 0.186. The van der Waals surface area contributed by atoms with Gasteiger partial charge in [0, 0.05) is 6.42 Å². The summed E-state index contributed by atoms with van der Waals surface area (Å²) in [5.74, 6) is 1.68. The molecule has 1 unspecified atom stereocenters. The normalized spacial score (nSPS) is 13.1. The van der Waals surface area contributed by atoms with Gasteiger partial charge in [0.15, 0.2) is 0 Å². The molecule has 0 amide bonds. The largest absolute Gasteiger partial charge is 0.303 e. The van der Waals surface area contributed by atoms with Crippen LogP contribution in [-0.2, 0) is 4.79 Å². The van der Waals surface area contributed by atoms with Crippen LogP contribution in [0.5, 0.6) is 0 Å². The molecule has 0 saturated heterocycles. The number of carbonyl (C=O) groups excluding carboxylic acids is 1. The van der Waals surface area contributed by atoms with Crippen molar-refractivity contribution in [3.05, 3.63) is 12.2 Å². The summed E-state index contributed by atoms with van der Waals surface area (Å²) in [4.78, 5) is 10.2. The lowest BCUT2D eigenvalue weighted by atomic mass is 9.98. The maximum Gasteiger partial charge on any atom is 0.119 e. The minimum absolute atomic E-state index is 0.751. The molecule has 0 rings (SSSR count). The topological polar surface area (TPSA) is 17.1 Å². The van der Waals surface area contributed by atoms with E-state index in [2.05, 4.69) is 32.9 Å². The highest BCUT2D eigenvalue weighted by molar-refractivity contribution is 5.48. The highest BCUT2D eigenvalue weighted by Gasteiger charge is 1.99. The van der Waals surface area contributed by atoms with Gasteiger partial charge in [-0.25, -0.2) is 0 Å². The average molecular weight is 295 g/mol. The van der Waals surface area contributed by atoms with Crippen LogP contribution in [0.25, 0.3) is 0 Å². The first-order valence-electron chi connectivity index (χ1n) is 9.25. The van der Waals surface area contributed by atoms with Crippen molar-refractivity contribution >= 4 is 6.29 Å². The van der Waals surface area contributed by atoms with Gasteiger partial charge in [0.1, 0.15) is 6.29 Å². The van der Waals surface area contributed by atoms with E-state index in [1.165, 1.54) is 64.2 Å². The number of allylic oxidation sites excluding steroid dienone is 2. The van der Waals surface area contributed by atoms with Crippen molar-refractivity contribution in [2.75, 3.05) is 0 Å². The molecule has 0 aliphatic heterocycles. The van der Waals surface area contributed by atoms with Gasteiger partial charge in [0.2, 0.25) is 0 Å². The van der Waals surface area contributed by atoms with Gasteiger partial charge in [-0.2, -0.15) is 0 Å². The fraction of sp³-hybridized carbons (Fsp3) is 0.850. The number of rotatable bonds is 15. The van der Waals surface area contributed by atoms with Gasteiger partial charge in [-0.15, -0.1) is 0 Å². The molecule has 124 valence electrons. The van der Waals surface area contributed by atoms with Crippen molar-refractivity contribution in [2.45, 2.75) is 97.8 Å². The molecule has 21 heavy (non-hydrogen) atoms. The summed E-state index contributed by atoms with van der Waals surface area (Å²) in [5, 5.41) is 0. The molecule has 1 nitrogen and oxygen atoms in total. The molecule has 0 aliphatic rings. The molecule has 1 atom stereocenters. The zero-order valence-electron chi connectivity index (χ0n) is 14.8. The summed E-state index contributed by atoms with van der Waals surface area (Å²) in [5.41, 5.74) is 0. The zero-order valence-corrected chi connectivity index (χ0v) is 14.8. The van der Waals surface area contributed by atoms with Crippen molar-refractivity contribution in [1.82, 2.24) is 0 Å². The highest BCUT2D eigenvalue weighted by Crippen LogP contribution is 2.16. The van der Waals surface area contributed by atoms with Gasteiger partial charge in [-0.3, -0.25) is 0 Å². The Morgan fingerprint density at radius 3 is 2.05 bits per heavy atom. The van der Waals surface area contributed by atoms with E-state index in [-0.39, 0.29) is 0 Å². The van der Waals surface area contributed by atoms with Crippen LogP contribution in [0, 0.1) is 11.8 Å². The molecule has 0 heterocycles. The number of hydrogen-bond acceptors (Lipinski definition) is 1. The maximum absolute atomic E-state index is 10.2. The Labute approximate surface area is 133 Å². The Bertz CT molecular complexity index is 242. The van der Waals surface area contributed by atoms with Crippen molar-refractivity contribution < 1.29 is 4.79 Å². The summed E-state index contributed by atoms with van der Waals surface area (Å²) < 4.78 is 0. The first-order chi connectivity index (χ1) is 10.2. The predicted octanol–water partition coefficient (Wildman–Crippen LogP) is 6.71. The monoisotopic (exact) mass is 294 g/mol. The molecule has 0 bridgehead atoms. The molecule has 0 fully saturated rings. The third kappa shape index (κ3) is 17.4. The van der Waals surface area contributed by atoms with Crippen molar-refractivity contribution in [2.24, 2.45) is 11.8 Å². The molecule has 0 aromatic carbocycles. The maximum atomic E-state index is 10.2. The summed E-state index contributed by atoms with van der Waals surface area (Å²) in [7, 11) is 0. The van der Waals surface area contributed by atoms with Crippen LogP contribution in [0.2, 0.25) is 0 Å². The minimum Gasteiger partial charge on any atom is -0.303 e. The molecule has 0 saturated carbocycles. The van der Waals surface area contributed by atoms with Crippen LogP contribution in [0.3, 0.4) is 0 Å². The fourth-order valence-corrected chi connectivity index (χ4v) is 2.64. The van der Waals surface area contributed by atoms with E-state index in [0.717, 1.165) is 31.0 Å². The van der Waals surface area contributed by atoms with Crippen molar-refractivity contribution in [3.8, 4) is 0 Å². The zero-order chi connectivity index (χ0) is 15.8. The van der Waals surface area contributed by atoms with Crippen LogP contribution in [0.4, 0.5) is 0 Å². The predicted molar refractivity (Wildman–Crippen MR) is 94.6 cm³/mol. The highest BCUT2D eigenvalue weighted by atomic mass is 16.1. The van der Waals surface area contributed by atoms with E-state index in [0.29, 0.717) is 0 Å². The van der Waals surface area contributed by atoms with E-state index in [9.17, 15) is 4.79 Å². The molecule has 0 aliphatic carbocycles. The fourth-order valence-electron chi connectivity index (χ4n) is 2.64. The average Bonchev–Trinajstić information content (AvgIpc) is 2.45. The van der Waals surface area contributed by atoms with Gasteiger partial charge < -0.3 is 4.79 Å². The standard InChI is InChI=1S/C20H38O/c1-19(2)15-11-8-9-13-17-20(3)16-12-7-5-4-6-10-14-18-21/h9,13,18-20H,4-8,10-12,14-17H2,1-3H3. The lowest BCUT2D eigenvalue weighted by Crippen LogP contribution is -1.93. The number of hydrogen-bond donors (Lipinski definition) is 0. The second-order valence-electron chi connectivity index (χ2n) is 7.00. The lowest BCUT2D eigenvalue weighted by molar-refractivity contribution is -0.107. The second-order valence-corrected chi connectivity index (χ2v) is 7.00. The van der Waals surface area contributed by atoms with Crippen LogP contribution in [0.15, 0.2) is 12.2 Å². The summed E-state index contributed by atoms with van der Waals surface area (Å²) in [6.07, 6.45) is 20.8. The Morgan fingerprint density at radius 1 is 0.714 bits per heavy atom. The number of carbonyl (C=O) groups is 1. The smallest absolute Gasteiger partial charge is 0.119 e. The summed E-state index contributed by atoms with van der Waals surface area (Å²) >= 11 is 0. The van der Waals surface area contributed by atoms with Crippen LogP contribution < -0.4 is 0 Å². The van der Waals surface area contributed by atoms with Gasteiger partial charge in [0.05, 0.1) is 0 Å².